The van der Waals surface area contributed by atoms with Crippen molar-refractivity contribution in [2.75, 3.05) is 19.3 Å². The van der Waals surface area contributed by atoms with Crippen molar-refractivity contribution < 1.29 is 4.39 Å². The minimum absolute atomic E-state index is 0.260. The molecule has 0 bridgehead atoms. The zero-order valence-corrected chi connectivity index (χ0v) is 10.5. The maximum absolute atomic E-state index is 12.9. The topological polar surface area (TPSA) is 29.3 Å². The summed E-state index contributed by atoms with van der Waals surface area (Å²) >= 11 is 0. The summed E-state index contributed by atoms with van der Waals surface area (Å²) in [5.41, 5.74) is 7.39. The van der Waals surface area contributed by atoms with Crippen LogP contribution in [0, 0.1) is 11.7 Å². The van der Waals surface area contributed by atoms with Crippen molar-refractivity contribution in [1.29, 1.82) is 0 Å². The van der Waals surface area contributed by atoms with Crippen molar-refractivity contribution in [3.63, 3.8) is 0 Å². The lowest BCUT2D eigenvalue weighted by molar-refractivity contribution is 0.271. The van der Waals surface area contributed by atoms with E-state index in [1.807, 2.05) is 0 Å². The summed E-state index contributed by atoms with van der Waals surface area (Å²) in [4.78, 5) is 2.29. The van der Waals surface area contributed by atoms with Gasteiger partial charge in [-0.1, -0.05) is 18.9 Å². The molecule has 0 saturated heterocycles. The Balaban J connectivity index is 1.90. The standard InChI is InChI=1S/C14H21FN2/c1-17(9-11-4-2-3-5-11)10-12-6-7-13(15)8-14(12)16/h6-8,11H,2-5,9-10,16H2,1H3. The molecular weight excluding hydrogens is 215 g/mol. The van der Waals surface area contributed by atoms with E-state index in [9.17, 15) is 4.39 Å². The number of hydrogen-bond donors (Lipinski definition) is 1. The van der Waals surface area contributed by atoms with E-state index in [-0.39, 0.29) is 5.82 Å². The van der Waals surface area contributed by atoms with E-state index >= 15 is 0 Å². The Morgan fingerprint density at radius 2 is 2.06 bits per heavy atom. The van der Waals surface area contributed by atoms with Crippen molar-refractivity contribution in [3.8, 4) is 0 Å². The van der Waals surface area contributed by atoms with Gasteiger partial charge in [-0.05, 0) is 43.5 Å². The second-order valence-corrected chi connectivity index (χ2v) is 5.19. The van der Waals surface area contributed by atoms with E-state index in [1.54, 1.807) is 6.07 Å². The van der Waals surface area contributed by atoms with E-state index in [0.717, 1.165) is 24.6 Å². The molecule has 1 aromatic carbocycles. The summed E-state index contributed by atoms with van der Waals surface area (Å²) in [7, 11) is 2.11. The Bertz CT molecular complexity index is 372. The third-order valence-electron chi connectivity index (χ3n) is 3.59. The molecule has 1 aliphatic carbocycles. The maximum atomic E-state index is 12.9. The van der Waals surface area contributed by atoms with Gasteiger partial charge in [0.2, 0.25) is 0 Å². The highest BCUT2D eigenvalue weighted by molar-refractivity contribution is 5.46. The number of nitrogens with zero attached hydrogens (tertiary/aromatic N) is 1. The molecule has 0 heterocycles. The fraction of sp³-hybridized carbons (Fsp3) is 0.571. The zero-order valence-electron chi connectivity index (χ0n) is 10.5. The van der Waals surface area contributed by atoms with Crippen LogP contribution in [0.2, 0.25) is 0 Å². The van der Waals surface area contributed by atoms with Gasteiger partial charge in [0.25, 0.3) is 0 Å². The van der Waals surface area contributed by atoms with Crippen LogP contribution in [0.4, 0.5) is 10.1 Å². The molecule has 2 rings (SSSR count). The van der Waals surface area contributed by atoms with Crippen molar-refractivity contribution in [2.45, 2.75) is 32.2 Å². The van der Waals surface area contributed by atoms with Crippen LogP contribution in [0.5, 0.6) is 0 Å². The largest absolute Gasteiger partial charge is 0.398 e. The van der Waals surface area contributed by atoms with Gasteiger partial charge in [0.15, 0.2) is 0 Å². The number of nitrogen functional groups attached to an aromatic ring is 1. The molecule has 0 amide bonds. The van der Waals surface area contributed by atoms with Gasteiger partial charge in [-0.2, -0.15) is 0 Å². The van der Waals surface area contributed by atoms with Crippen LogP contribution in [0.25, 0.3) is 0 Å². The second kappa shape index (κ2) is 5.50. The van der Waals surface area contributed by atoms with E-state index in [2.05, 4.69) is 11.9 Å². The first-order valence-corrected chi connectivity index (χ1v) is 6.37. The molecule has 1 aromatic rings. The fourth-order valence-electron chi connectivity index (χ4n) is 2.70. The first-order valence-electron chi connectivity index (χ1n) is 6.37. The highest BCUT2D eigenvalue weighted by atomic mass is 19.1. The number of halogens is 1. The lowest BCUT2D eigenvalue weighted by atomic mass is 10.1. The minimum Gasteiger partial charge on any atom is -0.398 e. The van der Waals surface area contributed by atoms with E-state index < -0.39 is 0 Å². The number of benzene rings is 1. The molecule has 0 aromatic heterocycles. The molecule has 2 nitrogen and oxygen atoms in total. The summed E-state index contributed by atoms with van der Waals surface area (Å²) in [5.74, 6) is 0.575. The lowest BCUT2D eigenvalue weighted by Gasteiger charge is -2.21. The molecule has 1 aliphatic rings. The molecular formula is C14H21FN2. The molecule has 0 atom stereocenters. The summed E-state index contributed by atoms with van der Waals surface area (Å²) in [6.45, 7) is 1.93. The summed E-state index contributed by atoms with van der Waals surface area (Å²) in [5, 5.41) is 0. The van der Waals surface area contributed by atoms with Crippen LogP contribution < -0.4 is 5.73 Å². The first-order chi connectivity index (χ1) is 8.15. The number of nitrogens with two attached hydrogens (primary N) is 1. The third-order valence-corrected chi connectivity index (χ3v) is 3.59. The van der Waals surface area contributed by atoms with Crippen LogP contribution in [0.3, 0.4) is 0 Å². The zero-order chi connectivity index (χ0) is 12.3. The molecule has 94 valence electrons. The maximum Gasteiger partial charge on any atom is 0.125 e. The van der Waals surface area contributed by atoms with E-state index in [4.69, 9.17) is 5.73 Å². The molecule has 0 unspecified atom stereocenters. The summed E-state index contributed by atoms with van der Waals surface area (Å²) in [6.07, 6.45) is 5.45. The minimum atomic E-state index is -0.260. The Kier molecular flexibility index (Phi) is 4.00. The van der Waals surface area contributed by atoms with Gasteiger partial charge in [-0.15, -0.1) is 0 Å². The van der Waals surface area contributed by atoms with E-state index in [0.29, 0.717) is 5.69 Å². The van der Waals surface area contributed by atoms with Gasteiger partial charge in [0.05, 0.1) is 0 Å². The normalized spacial score (nSPS) is 16.9. The highest BCUT2D eigenvalue weighted by Crippen LogP contribution is 2.26. The van der Waals surface area contributed by atoms with E-state index in [1.165, 1.54) is 37.8 Å². The molecule has 0 aliphatic heterocycles. The van der Waals surface area contributed by atoms with Crippen molar-refractivity contribution in [1.82, 2.24) is 4.90 Å². The van der Waals surface area contributed by atoms with Crippen molar-refractivity contribution in [3.05, 3.63) is 29.6 Å². The van der Waals surface area contributed by atoms with Crippen molar-refractivity contribution >= 4 is 5.69 Å². The highest BCUT2D eigenvalue weighted by Gasteiger charge is 2.17. The molecule has 0 spiro atoms. The smallest absolute Gasteiger partial charge is 0.125 e. The summed E-state index contributed by atoms with van der Waals surface area (Å²) in [6, 6.07) is 4.67. The Hall–Kier alpha value is -1.09. The average molecular weight is 236 g/mol. The predicted molar refractivity (Wildman–Crippen MR) is 69.1 cm³/mol. The first kappa shape index (κ1) is 12.4. The molecule has 3 heteroatoms. The third kappa shape index (κ3) is 3.43. The number of rotatable bonds is 4. The predicted octanol–water partition coefficient (Wildman–Crippen LogP) is 3.03. The Morgan fingerprint density at radius 1 is 1.35 bits per heavy atom. The van der Waals surface area contributed by atoms with Crippen molar-refractivity contribution in [2.24, 2.45) is 5.92 Å². The Labute approximate surface area is 103 Å². The quantitative estimate of drug-likeness (QED) is 0.814. The van der Waals surface area contributed by atoms with Crippen LogP contribution in [-0.4, -0.2) is 18.5 Å². The Morgan fingerprint density at radius 3 is 2.71 bits per heavy atom. The molecule has 0 radical (unpaired) electrons. The number of hydrogen-bond acceptors (Lipinski definition) is 2. The SMILES string of the molecule is CN(Cc1ccc(F)cc1N)CC1CCCC1. The van der Waals surface area contributed by atoms with Crippen LogP contribution in [-0.2, 0) is 6.54 Å². The lowest BCUT2D eigenvalue weighted by Crippen LogP contribution is -2.24. The van der Waals surface area contributed by atoms with Gasteiger partial charge >= 0.3 is 0 Å². The average Bonchev–Trinajstić information content (AvgIpc) is 2.75. The molecule has 2 N–H and O–H groups in total. The van der Waals surface area contributed by atoms with Gasteiger partial charge in [-0.25, -0.2) is 4.39 Å². The van der Waals surface area contributed by atoms with Gasteiger partial charge < -0.3 is 10.6 Å². The van der Waals surface area contributed by atoms with Gasteiger partial charge in [0, 0.05) is 18.8 Å². The summed E-state index contributed by atoms with van der Waals surface area (Å²) < 4.78 is 12.9. The number of anilines is 1. The van der Waals surface area contributed by atoms with Crippen LogP contribution in [0.1, 0.15) is 31.2 Å². The molecule has 1 fully saturated rings. The van der Waals surface area contributed by atoms with Crippen LogP contribution >= 0.6 is 0 Å². The monoisotopic (exact) mass is 236 g/mol. The molecule has 17 heavy (non-hydrogen) atoms. The van der Waals surface area contributed by atoms with Gasteiger partial charge in [-0.3, -0.25) is 0 Å². The molecule has 1 saturated carbocycles. The van der Waals surface area contributed by atoms with Crippen LogP contribution in [0.15, 0.2) is 18.2 Å². The van der Waals surface area contributed by atoms with Gasteiger partial charge in [0.1, 0.15) is 5.82 Å². The second-order valence-electron chi connectivity index (χ2n) is 5.19. The fourth-order valence-corrected chi connectivity index (χ4v) is 2.70.